The third-order valence-electron chi connectivity index (χ3n) is 6.41. The second kappa shape index (κ2) is 10.1. The highest BCUT2D eigenvalue weighted by atomic mass is 19.1. The van der Waals surface area contributed by atoms with Gasteiger partial charge in [-0.05, 0) is 65.9 Å². The molecule has 3 aromatic rings. The molecular weight excluding hydrogens is 431 g/mol. The molecule has 5 nitrogen and oxygen atoms in total. The largest absolute Gasteiger partial charge is 0.484 e. The van der Waals surface area contributed by atoms with Crippen LogP contribution in [-0.4, -0.2) is 24.9 Å². The Bertz CT molecular complexity index is 1190. The predicted molar refractivity (Wildman–Crippen MR) is 130 cm³/mol. The van der Waals surface area contributed by atoms with E-state index in [4.69, 9.17) is 4.74 Å². The van der Waals surface area contributed by atoms with E-state index in [2.05, 4.69) is 24.5 Å². The van der Waals surface area contributed by atoms with Crippen molar-refractivity contribution in [2.24, 2.45) is 0 Å². The summed E-state index contributed by atoms with van der Waals surface area (Å²) in [5, 5.41) is 5.80. The van der Waals surface area contributed by atoms with Gasteiger partial charge in [-0.25, -0.2) is 4.39 Å². The molecule has 1 aliphatic heterocycles. The van der Waals surface area contributed by atoms with Crippen LogP contribution in [0.25, 0.3) is 11.1 Å². The van der Waals surface area contributed by atoms with Crippen molar-refractivity contribution in [3.05, 3.63) is 89.2 Å². The maximum Gasteiger partial charge on any atom is 0.251 e. The molecule has 2 N–H and O–H groups in total. The first-order valence-electron chi connectivity index (χ1n) is 11.6. The average molecular weight is 461 g/mol. The lowest BCUT2D eigenvalue weighted by molar-refractivity contribution is -0.123. The first kappa shape index (κ1) is 23.5. The van der Waals surface area contributed by atoms with Gasteiger partial charge in [0.2, 0.25) is 5.91 Å². The highest BCUT2D eigenvalue weighted by Crippen LogP contribution is 2.47. The molecule has 0 bridgehead atoms. The van der Waals surface area contributed by atoms with E-state index < -0.39 is 12.0 Å². The number of amides is 2. The van der Waals surface area contributed by atoms with Crippen LogP contribution in [0.3, 0.4) is 0 Å². The molecular formula is C28H29FN2O3. The molecule has 0 saturated carbocycles. The zero-order valence-electron chi connectivity index (χ0n) is 19.6. The van der Waals surface area contributed by atoms with Gasteiger partial charge in [-0.2, -0.15) is 0 Å². The fraction of sp³-hybridized carbons (Fsp3) is 0.286. The van der Waals surface area contributed by atoms with Crippen LogP contribution >= 0.6 is 0 Å². The van der Waals surface area contributed by atoms with Gasteiger partial charge in [0.1, 0.15) is 23.6 Å². The van der Waals surface area contributed by atoms with Gasteiger partial charge in [-0.1, -0.05) is 44.2 Å². The SMILES string of the molecule is CCC(CC)NC(=O)c1cccc(-c2ccc3c(c2)C(C(=O)NC)C(c2ccc(F)cc2)O3)c1. The summed E-state index contributed by atoms with van der Waals surface area (Å²) in [6, 6.07) is 19.3. The van der Waals surface area contributed by atoms with E-state index in [1.54, 1.807) is 25.2 Å². The molecule has 0 spiro atoms. The Hall–Kier alpha value is -3.67. The second-order valence-corrected chi connectivity index (χ2v) is 8.50. The van der Waals surface area contributed by atoms with Crippen molar-refractivity contribution in [1.29, 1.82) is 0 Å². The van der Waals surface area contributed by atoms with Gasteiger partial charge < -0.3 is 15.4 Å². The lowest BCUT2D eigenvalue weighted by Gasteiger charge is -2.18. The van der Waals surface area contributed by atoms with Crippen molar-refractivity contribution in [2.75, 3.05) is 7.05 Å². The summed E-state index contributed by atoms with van der Waals surface area (Å²) < 4.78 is 19.6. The molecule has 2 amide bonds. The normalized spacial score (nSPS) is 16.6. The smallest absolute Gasteiger partial charge is 0.251 e. The molecule has 2 unspecified atom stereocenters. The Morgan fingerprint density at radius 2 is 1.68 bits per heavy atom. The number of rotatable bonds is 7. The van der Waals surface area contributed by atoms with Gasteiger partial charge in [0, 0.05) is 24.2 Å². The summed E-state index contributed by atoms with van der Waals surface area (Å²) >= 11 is 0. The van der Waals surface area contributed by atoms with Crippen LogP contribution in [0.4, 0.5) is 4.39 Å². The van der Waals surface area contributed by atoms with Gasteiger partial charge in [-0.3, -0.25) is 9.59 Å². The van der Waals surface area contributed by atoms with Crippen molar-refractivity contribution in [3.8, 4) is 16.9 Å². The second-order valence-electron chi connectivity index (χ2n) is 8.50. The summed E-state index contributed by atoms with van der Waals surface area (Å²) in [7, 11) is 1.59. The number of carbonyl (C=O) groups is 2. The maximum atomic E-state index is 13.5. The van der Waals surface area contributed by atoms with E-state index in [0.29, 0.717) is 11.3 Å². The molecule has 0 radical (unpaired) electrons. The van der Waals surface area contributed by atoms with E-state index in [-0.39, 0.29) is 23.7 Å². The zero-order valence-corrected chi connectivity index (χ0v) is 19.6. The van der Waals surface area contributed by atoms with Crippen molar-refractivity contribution < 1.29 is 18.7 Å². The summed E-state index contributed by atoms with van der Waals surface area (Å²) in [6.07, 6.45) is 1.20. The van der Waals surface area contributed by atoms with Gasteiger partial charge in [0.05, 0.1) is 0 Å². The molecule has 0 aliphatic carbocycles. The van der Waals surface area contributed by atoms with Crippen molar-refractivity contribution in [1.82, 2.24) is 10.6 Å². The van der Waals surface area contributed by atoms with E-state index in [9.17, 15) is 14.0 Å². The van der Waals surface area contributed by atoms with E-state index in [0.717, 1.165) is 35.1 Å². The third kappa shape index (κ3) is 4.67. The maximum absolute atomic E-state index is 13.5. The summed E-state index contributed by atoms with van der Waals surface area (Å²) in [5.74, 6) is -0.574. The molecule has 3 aromatic carbocycles. The molecule has 2 atom stereocenters. The molecule has 0 saturated heterocycles. The molecule has 4 rings (SSSR count). The van der Waals surface area contributed by atoms with Crippen molar-refractivity contribution in [3.63, 3.8) is 0 Å². The number of hydrogen-bond acceptors (Lipinski definition) is 3. The monoisotopic (exact) mass is 460 g/mol. The highest BCUT2D eigenvalue weighted by molar-refractivity contribution is 5.95. The zero-order chi connectivity index (χ0) is 24.2. The lowest BCUT2D eigenvalue weighted by atomic mass is 9.88. The minimum Gasteiger partial charge on any atom is -0.484 e. The number of nitrogens with one attached hydrogen (secondary N) is 2. The van der Waals surface area contributed by atoms with Crippen LogP contribution < -0.4 is 15.4 Å². The van der Waals surface area contributed by atoms with Gasteiger partial charge in [0.15, 0.2) is 0 Å². The molecule has 1 heterocycles. The predicted octanol–water partition coefficient (Wildman–Crippen LogP) is 5.37. The Kier molecular flexibility index (Phi) is 6.96. The molecule has 6 heteroatoms. The van der Waals surface area contributed by atoms with Crippen LogP contribution in [0.2, 0.25) is 0 Å². The minimum absolute atomic E-state index is 0.0975. The van der Waals surface area contributed by atoms with E-state index in [1.807, 2.05) is 36.4 Å². The van der Waals surface area contributed by atoms with Crippen LogP contribution in [0.5, 0.6) is 5.75 Å². The number of carbonyl (C=O) groups excluding carboxylic acids is 2. The van der Waals surface area contributed by atoms with Gasteiger partial charge in [0.25, 0.3) is 5.91 Å². The van der Waals surface area contributed by atoms with Gasteiger partial charge in [-0.15, -0.1) is 0 Å². The first-order valence-corrected chi connectivity index (χ1v) is 11.6. The van der Waals surface area contributed by atoms with Crippen LogP contribution in [0.15, 0.2) is 66.7 Å². The fourth-order valence-electron chi connectivity index (χ4n) is 4.39. The van der Waals surface area contributed by atoms with Crippen LogP contribution in [0, 0.1) is 5.82 Å². The Morgan fingerprint density at radius 1 is 0.971 bits per heavy atom. The topological polar surface area (TPSA) is 67.4 Å². The highest BCUT2D eigenvalue weighted by Gasteiger charge is 2.40. The Labute approximate surface area is 199 Å². The van der Waals surface area contributed by atoms with E-state index >= 15 is 0 Å². The summed E-state index contributed by atoms with van der Waals surface area (Å²) in [4.78, 5) is 25.6. The summed E-state index contributed by atoms with van der Waals surface area (Å²) in [5.41, 5.74) is 3.84. The lowest BCUT2D eigenvalue weighted by Crippen LogP contribution is -2.33. The Balaban J connectivity index is 1.67. The van der Waals surface area contributed by atoms with Crippen molar-refractivity contribution >= 4 is 11.8 Å². The van der Waals surface area contributed by atoms with Crippen molar-refractivity contribution in [2.45, 2.75) is 44.8 Å². The number of fused-ring (bicyclic) bond motifs is 1. The molecule has 34 heavy (non-hydrogen) atoms. The number of halogens is 1. The van der Waals surface area contributed by atoms with Crippen LogP contribution in [-0.2, 0) is 4.79 Å². The number of hydrogen-bond donors (Lipinski definition) is 2. The number of likely N-dealkylation sites (N-methyl/N-ethyl adjacent to an activating group) is 1. The van der Waals surface area contributed by atoms with Gasteiger partial charge >= 0.3 is 0 Å². The fourth-order valence-corrected chi connectivity index (χ4v) is 4.39. The van der Waals surface area contributed by atoms with E-state index in [1.165, 1.54) is 12.1 Å². The Morgan fingerprint density at radius 3 is 2.35 bits per heavy atom. The third-order valence-corrected chi connectivity index (χ3v) is 6.41. The number of benzene rings is 3. The summed E-state index contributed by atoms with van der Waals surface area (Å²) in [6.45, 7) is 4.11. The molecule has 0 aromatic heterocycles. The molecule has 176 valence electrons. The molecule has 1 aliphatic rings. The standard InChI is InChI=1S/C28H29FN2O3/c1-4-22(5-2)31-27(32)20-8-6-7-18(15-20)19-11-14-24-23(16-19)25(28(33)30-3)26(34-24)17-9-12-21(29)13-10-17/h6-16,22,25-26H,4-5H2,1-3H3,(H,30,33)(H,31,32). The molecule has 0 fully saturated rings. The average Bonchev–Trinajstić information content (AvgIpc) is 3.26. The van der Waals surface area contributed by atoms with Crippen LogP contribution in [0.1, 0.15) is 60.2 Å². The quantitative estimate of drug-likeness (QED) is 0.498. The number of ether oxygens (including phenoxy) is 1. The first-order chi connectivity index (χ1) is 16.4. The minimum atomic E-state index is -0.577.